The Morgan fingerprint density at radius 1 is 1.05 bits per heavy atom. The molecule has 0 amide bonds. The number of aliphatic hydroxyl groups excluding tert-OH is 1. The lowest BCUT2D eigenvalue weighted by Crippen LogP contribution is -2.25. The maximum Gasteiger partial charge on any atom is 0.0914 e. The van der Waals surface area contributed by atoms with Crippen LogP contribution in [0.25, 0.3) is 0 Å². The highest BCUT2D eigenvalue weighted by Crippen LogP contribution is 2.19. The van der Waals surface area contributed by atoms with Gasteiger partial charge in [0.1, 0.15) is 0 Å². The molecule has 0 fully saturated rings. The average Bonchev–Trinajstić information content (AvgIpc) is 2.33. The number of hydrogen-bond acceptors (Lipinski definition) is 2. The quantitative estimate of drug-likeness (QED) is 0.764. The number of hydrogen-bond donors (Lipinski definition) is 2. The molecule has 0 aromatic heterocycles. The van der Waals surface area contributed by atoms with E-state index >= 15 is 0 Å². The van der Waals surface area contributed by atoms with Gasteiger partial charge in [-0.25, -0.2) is 0 Å². The number of aliphatic hydroxyl groups is 1. The molecule has 0 aliphatic rings. The Kier molecular flexibility index (Phi) is 6.02. The fourth-order valence-electron chi connectivity index (χ4n) is 1.92. The Morgan fingerprint density at radius 3 is 2.05 bits per heavy atom. The second-order valence-corrected chi connectivity index (χ2v) is 6.85. The molecule has 108 valence electrons. The van der Waals surface area contributed by atoms with Crippen LogP contribution in [0.4, 0.5) is 0 Å². The molecule has 0 saturated carbocycles. The highest BCUT2D eigenvalue weighted by atomic mass is 16.3. The summed E-state index contributed by atoms with van der Waals surface area (Å²) in [5.41, 5.74) is 2.65. The van der Waals surface area contributed by atoms with Gasteiger partial charge in [0.05, 0.1) is 6.10 Å². The van der Waals surface area contributed by atoms with Gasteiger partial charge in [-0.05, 0) is 35.4 Å². The Morgan fingerprint density at radius 2 is 1.58 bits per heavy atom. The third-order valence-electron chi connectivity index (χ3n) is 3.38. The monoisotopic (exact) mass is 263 g/mol. The van der Waals surface area contributed by atoms with Crippen molar-refractivity contribution in [1.29, 1.82) is 0 Å². The van der Waals surface area contributed by atoms with Crippen LogP contribution < -0.4 is 5.32 Å². The topological polar surface area (TPSA) is 32.3 Å². The molecule has 1 unspecified atom stereocenters. The molecular weight excluding hydrogens is 234 g/mol. The molecule has 1 aromatic carbocycles. The summed E-state index contributed by atoms with van der Waals surface area (Å²) < 4.78 is 0. The van der Waals surface area contributed by atoms with E-state index in [-0.39, 0.29) is 0 Å². The van der Waals surface area contributed by atoms with Gasteiger partial charge in [0.25, 0.3) is 0 Å². The Hall–Kier alpha value is -0.860. The van der Waals surface area contributed by atoms with Crippen LogP contribution in [0.15, 0.2) is 24.3 Å². The van der Waals surface area contributed by atoms with Crippen LogP contribution in [0, 0.1) is 5.41 Å². The lowest BCUT2D eigenvalue weighted by molar-refractivity contribution is 0.173. The molecule has 0 bridgehead atoms. The van der Waals surface area contributed by atoms with E-state index in [0.29, 0.717) is 17.9 Å². The maximum absolute atomic E-state index is 10.1. The van der Waals surface area contributed by atoms with Crippen molar-refractivity contribution in [1.82, 2.24) is 5.32 Å². The SMILES string of the molecule is CC(C)c1ccc(C(O)CNCCC(C)(C)C)cc1. The highest BCUT2D eigenvalue weighted by molar-refractivity contribution is 5.26. The first kappa shape index (κ1) is 16.2. The summed E-state index contributed by atoms with van der Waals surface area (Å²) >= 11 is 0. The second-order valence-electron chi connectivity index (χ2n) is 6.85. The molecule has 0 radical (unpaired) electrons. The minimum atomic E-state index is -0.416. The van der Waals surface area contributed by atoms with Gasteiger partial charge in [0.15, 0.2) is 0 Å². The molecule has 2 N–H and O–H groups in total. The molecule has 1 aromatic rings. The second kappa shape index (κ2) is 7.06. The van der Waals surface area contributed by atoms with E-state index in [2.05, 4.69) is 52.1 Å². The zero-order chi connectivity index (χ0) is 14.5. The smallest absolute Gasteiger partial charge is 0.0914 e. The first-order valence-corrected chi connectivity index (χ1v) is 7.28. The number of benzene rings is 1. The van der Waals surface area contributed by atoms with Crippen molar-refractivity contribution in [2.45, 2.75) is 53.1 Å². The predicted molar refractivity (Wildman–Crippen MR) is 82.4 cm³/mol. The molecule has 0 aliphatic carbocycles. The number of nitrogens with one attached hydrogen (secondary N) is 1. The summed E-state index contributed by atoms with van der Waals surface area (Å²) in [6, 6.07) is 8.29. The highest BCUT2D eigenvalue weighted by Gasteiger charge is 2.11. The summed E-state index contributed by atoms with van der Waals surface area (Å²) in [6.45, 7) is 12.6. The first-order chi connectivity index (χ1) is 8.79. The van der Waals surface area contributed by atoms with Crippen LogP contribution in [0.3, 0.4) is 0 Å². The molecule has 19 heavy (non-hydrogen) atoms. The van der Waals surface area contributed by atoms with Crippen LogP contribution in [-0.2, 0) is 0 Å². The normalized spacial score (nSPS) is 13.8. The fraction of sp³-hybridized carbons (Fsp3) is 0.647. The molecule has 1 rings (SSSR count). The standard InChI is InChI=1S/C17H29NO/c1-13(2)14-6-8-15(9-7-14)16(19)12-18-11-10-17(3,4)5/h6-9,13,16,18-19H,10-12H2,1-5H3. The third-order valence-corrected chi connectivity index (χ3v) is 3.38. The average molecular weight is 263 g/mol. The molecular formula is C17H29NO. The molecule has 2 nitrogen and oxygen atoms in total. The van der Waals surface area contributed by atoms with E-state index in [1.165, 1.54) is 5.56 Å². The van der Waals surface area contributed by atoms with E-state index in [0.717, 1.165) is 18.5 Å². The van der Waals surface area contributed by atoms with Crippen LogP contribution in [0.5, 0.6) is 0 Å². The van der Waals surface area contributed by atoms with Crippen molar-refractivity contribution >= 4 is 0 Å². The van der Waals surface area contributed by atoms with E-state index in [9.17, 15) is 5.11 Å². The van der Waals surface area contributed by atoms with E-state index in [1.54, 1.807) is 0 Å². The van der Waals surface area contributed by atoms with Gasteiger partial charge in [-0.3, -0.25) is 0 Å². The zero-order valence-corrected chi connectivity index (χ0v) is 13.0. The van der Waals surface area contributed by atoms with Crippen molar-refractivity contribution in [2.24, 2.45) is 5.41 Å². The van der Waals surface area contributed by atoms with Crippen molar-refractivity contribution < 1.29 is 5.11 Å². The van der Waals surface area contributed by atoms with Gasteiger partial charge >= 0.3 is 0 Å². The van der Waals surface area contributed by atoms with Crippen molar-refractivity contribution in [3.63, 3.8) is 0 Å². The molecule has 2 heteroatoms. The van der Waals surface area contributed by atoms with E-state index in [4.69, 9.17) is 0 Å². The summed E-state index contributed by atoms with van der Waals surface area (Å²) in [5, 5.41) is 13.4. The van der Waals surface area contributed by atoms with Crippen molar-refractivity contribution in [3.8, 4) is 0 Å². The molecule has 1 atom stereocenters. The van der Waals surface area contributed by atoms with Gasteiger partial charge in [0, 0.05) is 6.54 Å². The van der Waals surface area contributed by atoms with Crippen LogP contribution in [0.1, 0.15) is 64.2 Å². The van der Waals surface area contributed by atoms with Gasteiger partial charge in [-0.2, -0.15) is 0 Å². The van der Waals surface area contributed by atoms with Gasteiger partial charge in [-0.15, -0.1) is 0 Å². The first-order valence-electron chi connectivity index (χ1n) is 7.28. The Bertz CT molecular complexity index is 362. The van der Waals surface area contributed by atoms with Gasteiger partial charge < -0.3 is 10.4 Å². The van der Waals surface area contributed by atoms with Crippen molar-refractivity contribution in [2.75, 3.05) is 13.1 Å². The molecule has 0 heterocycles. The number of rotatable bonds is 6. The summed E-state index contributed by atoms with van der Waals surface area (Å²) in [5.74, 6) is 0.538. The van der Waals surface area contributed by atoms with Gasteiger partial charge in [-0.1, -0.05) is 58.9 Å². The third kappa shape index (κ3) is 6.22. The van der Waals surface area contributed by atoms with Gasteiger partial charge in [0.2, 0.25) is 0 Å². The Balaban J connectivity index is 2.39. The molecule has 0 saturated heterocycles. The zero-order valence-electron chi connectivity index (χ0n) is 13.0. The summed E-state index contributed by atoms with van der Waals surface area (Å²) in [6.07, 6.45) is 0.701. The molecule has 0 spiro atoms. The minimum Gasteiger partial charge on any atom is -0.387 e. The lowest BCUT2D eigenvalue weighted by Gasteiger charge is -2.19. The largest absolute Gasteiger partial charge is 0.387 e. The fourth-order valence-corrected chi connectivity index (χ4v) is 1.92. The lowest BCUT2D eigenvalue weighted by atomic mass is 9.92. The van der Waals surface area contributed by atoms with Crippen LogP contribution in [-0.4, -0.2) is 18.2 Å². The minimum absolute atomic E-state index is 0.344. The van der Waals surface area contributed by atoms with Crippen LogP contribution in [0.2, 0.25) is 0 Å². The van der Waals surface area contributed by atoms with Crippen LogP contribution >= 0.6 is 0 Å². The Labute approximate surface area is 118 Å². The van der Waals surface area contributed by atoms with E-state index in [1.807, 2.05) is 12.1 Å². The maximum atomic E-state index is 10.1. The van der Waals surface area contributed by atoms with Crippen molar-refractivity contribution in [3.05, 3.63) is 35.4 Å². The predicted octanol–water partition coefficient (Wildman–Crippen LogP) is 3.87. The van der Waals surface area contributed by atoms with E-state index < -0.39 is 6.10 Å². The summed E-state index contributed by atoms with van der Waals surface area (Å²) in [4.78, 5) is 0. The molecule has 0 aliphatic heterocycles. The summed E-state index contributed by atoms with van der Waals surface area (Å²) in [7, 11) is 0.